The summed E-state index contributed by atoms with van der Waals surface area (Å²) in [7, 11) is 0. The summed E-state index contributed by atoms with van der Waals surface area (Å²) >= 11 is 0. The number of pyridine rings is 1. The van der Waals surface area contributed by atoms with E-state index in [9.17, 15) is 10.1 Å². The summed E-state index contributed by atoms with van der Waals surface area (Å²) in [4.78, 5) is 16.9. The van der Waals surface area contributed by atoms with Gasteiger partial charge in [-0.2, -0.15) is 0 Å². The Hall–Kier alpha value is -1.69. The Balaban J connectivity index is 1.86. The summed E-state index contributed by atoms with van der Waals surface area (Å²) in [6.45, 7) is 3.81. The third-order valence-corrected chi connectivity index (χ3v) is 4.03. The number of hydrogen-bond donors (Lipinski definition) is 1. The van der Waals surface area contributed by atoms with Gasteiger partial charge < -0.3 is 10.2 Å². The van der Waals surface area contributed by atoms with Gasteiger partial charge in [-0.3, -0.25) is 10.1 Å². The lowest BCUT2D eigenvalue weighted by atomic mass is 9.87. The molecule has 0 aromatic carbocycles. The molecule has 96 valence electrons. The van der Waals surface area contributed by atoms with Gasteiger partial charge in [-0.05, 0) is 25.5 Å². The van der Waals surface area contributed by atoms with Crippen LogP contribution in [-0.2, 0) is 0 Å². The van der Waals surface area contributed by atoms with Crippen molar-refractivity contribution in [1.29, 1.82) is 0 Å². The average molecular weight is 248 g/mol. The van der Waals surface area contributed by atoms with Crippen LogP contribution in [0.25, 0.3) is 0 Å². The molecule has 1 atom stereocenters. The van der Waals surface area contributed by atoms with Gasteiger partial charge in [0.15, 0.2) is 0 Å². The van der Waals surface area contributed by atoms with Gasteiger partial charge >= 0.3 is 5.69 Å². The maximum atomic E-state index is 11.0. The molecule has 0 radical (unpaired) electrons. The minimum atomic E-state index is -0.347. The molecule has 3 heterocycles. The van der Waals surface area contributed by atoms with Crippen molar-refractivity contribution in [2.24, 2.45) is 5.41 Å². The van der Waals surface area contributed by atoms with Gasteiger partial charge in [-0.15, -0.1) is 0 Å². The van der Waals surface area contributed by atoms with Crippen LogP contribution in [0.2, 0.25) is 0 Å². The third kappa shape index (κ3) is 1.82. The first-order valence-electron chi connectivity index (χ1n) is 6.25. The Morgan fingerprint density at radius 3 is 3.11 bits per heavy atom. The van der Waals surface area contributed by atoms with Crippen molar-refractivity contribution in [1.82, 2.24) is 10.3 Å². The molecule has 2 fully saturated rings. The molecule has 1 spiro atoms. The van der Waals surface area contributed by atoms with Crippen LogP contribution in [0.3, 0.4) is 0 Å². The second-order valence-electron chi connectivity index (χ2n) is 5.20. The quantitative estimate of drug-likeness (QED) is 0.628. The van der Waals surface area contributed by atoms with Gasteiger partial charge in [-0.25, -0.2) is 4.98 Å². The highest BCUT2D eigenvalue weighted by Gasteiger charge is 2.42. The van der Waals surface area contributed by atoms with Gasteiger partial charge in [0.25, 0.3) is 0 Å². The van der Waals surface area contributed by atoms with Crippen LogP contribution in [0, 0.1) is 15.5 Å². The maximum absolute atomic E-state index is 11.0. The van der Waals surface area contributed by atoms with Crippen molar-refractivity contribution < 1.29 is 4.92 Å². The summed E-state index contributed by atoms with van der Waals surface area (Å²) in [6, 6.07) is 3.14. The Kier molecular flexibility index (Phi) is 2.66. The molecule has 2 aliphatic heterocycles. The average Bonchev–Trinajstić information content (AvgIpc) is 3.00. The van der Waals surface area contributed by atoms with Gasteiger partial charge in [0.1, 0.15) is 0 Å². The molecule has 0 amide bonds. The third-order valence-electron chi connectivity index (χ3n) is 4.03. The molecule has 2 saturated heterocycles. The molecule has 0 bridgehead atoms. The molecule has 1 aromatic rings. The van der Waals surface area contributed by atoms with E-state index in [4.69, 9.17) is 0 Å². The van der Waals surface area contributed by atoms with Crippen molar-refractivity contribution >= 4 is 11.5 Å². The van der Waals surface area contributed by atoms with E-state index < -0.39 is 0 Å². The largest absolute Gasteiger partial charge is 0.350 e. The van der Waals surface area contributed by atoms with Crippen LogP contribution in [-0.4, -0.2) is 36.1 Å². The summed E-state index contributed by atoms with van der Waals surface area (Å²) in [6.07, 6.45) is 3.87. The van der Waals surface area contributed by atoms with Crippen LogP contribution in [0.5, 0.6) is 0 Å². The minimum Gasteiger partial charge on any atom is -0.350 e. The second-order valence-corrected chi connectivity index (χ2v) is 5.20. The molecular formula is C12H16N4O2. The number of aromatic nitrogens is 1. The molecule has 18 heavy (non-hydrogen) atoms. The first-order chi connectivity index (χ1) is 8.70. The zero-order valence-electron chi connectivity index (χ0n) is 10.1. The summed E-state index contributed by atoms with van der Waals surface area (Å²) in [5.74, 6) is 0.520. The van der Waals surface area contributed by atoms with Crippen LogP contribution >= 0.6 is 0 Å². The Labute approximate surface area is 105 Å². The van der Waals surface area contributed by atoms with Gasteiger partial charge in [0.05, 0.1) is 4.92 Å². The van der Waals surface area contributed by atoms with Crippen LogP contribution in [0.15, 0.2) is 18.3 Å². The number of hydrogen-bond acceptors (Lipinski definition) is 5. The highest BCUT2D eigenvalue weighted by Crippen LogP contribution is 2.39. The highest BCUT2D eigenvalue weighted by molar-refractivity contribution is 5.58. The standard InChI is InChI=1S/C12H16N4O2/c17-16(18)10-2-1-5-14-11(10)15-7-4-12(9-15)3-6-13-8-12/h1-2,5,13H,3-4,6-9H2. The normalized spacial score (nSPS) is 27.0. The van der Waals surface area contributed by atoms with Gasteiger partial charge in [0, 0.05) is 37.3 Å². The SMILES string of the molecule is O=[N+]([O-])c1cccnc1N1CCC2(CCNC2)C1. The molecular weight excluding hydrogens is 232 g/mol. The van der Waals surface area contributed by atoms with Gasteiger partial charge in [0.2, 0.25) is 5.82 Å². The molecule has 0 saturated carbocycles. The van der Waals surface area contributed by atoms with Crippen molar-refractivity contribution in [2.75, 3.05) is 31.1 Å². The van der Waals surface area contributed by atoms with Crippen molar-refractivity contribution in [2.45, 2.75) is 12.8 Å². The maximum Gasteiger partial charge on any atom is 0.311 e. The number of nitro groups is 1. The van der Waals surface area contributed by atoms with E-state index in [2.05, 4.69) is 15.2 Å². The molecule has 6 heteroatoms. The Morgan fingerprint density at radius 2 is 2.39 bits per heavy atom. The summed E-state index contributed by atoms with van der Waals surface area (Å²) in [5.41, 5.74) is 0.409. The zero-order valence-corrected chi connectivity index (χ0v) is 10.1. The van der Waals surface area contributed by atoms with Crippen molar-refractivity contribution in [3.05, 3.63) is 28.4 Å². The molecule has 3 rings (SSSR count). The first-order valence-corrected chi connectivity index (χ1v) is 6.25. The van der Waals surface area contributed by atoms with E-state index >= 15 is 0 Å². The monoisotopic (exact) mass is 248 g/mol. The predicted octanol–water partition coefficient (Wildman–Crippen LogP) is 1.18. The number of nitrogens with zero attached hydrogens (tertiary/aromatic N) is 3. The molecule has 1 N–H and O–H groups in total. The van der Waals surface area contributed by atoms with E-state index in [1.165, 1.54) is 6.07 Å². The second kappa shape index (κ2) is 4.20. The lowest BCUT2D eigenvalue weighted by Crippen LogP contribution is -2.29. The van der Waals surface area contributed by atoms with Crippen molar-refractivity contribution in [3.8, 4) is 0 Å². The fourth-order valence-electron chi connectivity index (χ4n) is 3.03. The van der Waals surface area contributed by atoms with Crippen LogP contribution < -0.4 is 10.2 Å². The van der Waals surface area contributed by atoms with E-state index in [0.29, 0.717) is 11.2 Å². The summed E-state index contributed by atoms with van der Waals surface area (Å²) in [5, 5.41) is 14.4. The number of anilines is 1. The molecule has 6 nitrogen and oxygen atoms in total. The topological polar surface area (TPSA) is 71.3 Å². The Morgan fingerprint density at radius 1 is 1.50 bits per heavy atom. The lowest BCUT2D eigenvalue weighted by Gasteiger charge is -2.23. The molecule has 1 aromatic heterocycles. The van der Waals surface area contributed by atoms with Crippen molar-refractivity contribution in [3.63, 3.8) is 0 Å². The van der Waals surface area contributed by atoms with Crippen LogP contribution in [0.1, 0.15) is 12.8 Å². The lowest BCUT2D eigenvalue weighted by molar-refractivity contribution is -0.384. The van der Waals surface area contributed by atoms with E-state index in [-0.39, 0.29) is 10.6 Å². The Bertz CT molecular complexity index is 471. The zero-order chi connectivity index (χ0) is 12.6. The number of rotatable bonds is 2. The van der Waals surface area contributed by atoms with Crippen LogP contribution in [0.4, 0.5) is 11.5 Å². The van der Waals surface area contributed by atoms with E-state index in [1.54, 1.807) is 12.3 Å². The number of nitrogens with one attached hydrogen (secondary N) is 1. The van der Waals surface area contributed by atoms with E-state index in [1.807, 2.05) is 0 Å². The fourth-order valence-corrected chi connectivity index (χ4v) is 3.03. The molecule has 2 aliphatic rings. The molecule has 0 aliphatic carbocycles. The van der Waals surface area contributed by atoms with Gasteiger partial charge in [-0.1, -0.05) is 0 Å². The smallest absolute Gasteiger partial charge is 0.311 e. The fraction of sp³-hybridized carbons (Fsp3) is 0.583. The minimum absolute atomic E-state index is 0.112. The summed E-state index contributed by atoms with van der Waals surface area (Å²) < 4.78 is 0. The van der Waals surface area contributed by atoms with E-state index in [0.717, 1.165) is 39.0 Å². The molecule has 1 unspecified atom stereocenters. The predicted molar refractivity (Wildman–Crippen MR) is 67.6 cm³/mol. The highest BCUT2D eigenvalue weighted by atomic mass is 16.6. The first kappa shape index (κ1) is 11.4.